The van der Waals surface area contributed by atoms with E-state index < -0.39 is 0 Å². The van der Waals surface area contributed by atoms with E-state index in [2.05, 4.69) is 5.32 Å². The van der Waals surface area contributed by atoms with Gasteiger partial charge in [0.2, 0.25) is 0 Å². The largest absolute Gasteiger partial charge is 0.497 e. The standard InChI is InChI=1S/C13H17NO3/c1-16-11-4-3-9-7-14-8-10(12(9)6-11)5-13(15)17-2/h3-4,6,10,14H,5,7-8H2,1-2H3. The molecule has 17 heavy (non-hydrogen) atoms. The molecule has 0 amide bonds. The highest BCUT2D eigenvalue weighted by molar-refractivity contribution is 5.70. The average molecular weight is 235 g/mol. The van der Waals surface area contributed by atoms with Gasteiger partial charge in [-0.2, -0.15) is 0 Å². The SMILES string of the molecule is COC(=O)CC1CNCc2ccc(OC)cc21. The summed E-state index contributed by atoms with van der Waals surface area (Å²) in [5.41, 5.74) is 2.42. The average Bonchev–Trinajstić information content (AvgIpc) is 2.38. The van der Waals surface area contributed by atoms with E-state index in [0.717, 1.165) is 18.8 Å². The third-order valence-corrected chi connectivity index (χ3v) is 3.14. The van der Waals surface area contributed by atoms with E-state index >= 15 is 0 Å². The van der Waals surface area contributed by atoms with Gasteiger partial charge in [0.1, 0.15) is 5.75 Å². The number of nitrogens with one attached hydrogen (secondary N) is 1. The highest BCUT2D eigenvalue weighted by atomic mass is 16.5. The Hall–Kier alpha value is -1.55. The number of ether oxygens (including phenoxy) is 2. The molecule has 0 spiro atoms. The lowest BCUT2D eigenvalue weighted by Gasteiger charge is -2.26. The molecule has 4 nitrogen and oxygen atoms in total. The molecule has 92 valence electrons. The first-order valence-corrected chi connectivity index (χ1v) is 5.69. The molecule has 1 unspecified atom stereocenters. The fraction of sp³-hybridized carbons (Fsp3) is 0.462. The molecule has 1 aliphatic heterocycles. The van der Waals surface area contributed by atoms with Crippen molar-refractivity contribution in [1.82, 2.24) is 5.32 Å². The van der Waals surface area contributed by atoms with Gasteiger partial charge in [-0.25, -0.2) is 0 Å². The summed E-state index contributed by atoms with van der Waals surface area (Å²) in [7, 11) is 3.07. The molecule has 0 saturated heterocycles. The van der Waals surface area contributed by atoms with E-state index in [-0.39, 0.29) is 11.9 Å². The highest BCUT2D eigenvalue weighted by Crippen LogP contribution is 2.30. The van der Waals surface area contributed by atoms with Gasteiger partial charge in [-0.3, -0.25) is 4.79 Å². The summed E-state index contributed by atoms with van der Waals surface area (Å²) < 4.78 is 9.95. The quantitative estimate of drug-likeness (QED) is 0.805. The van der Waals surface area contributed by atoms with Crippen molar-refractivity contribution in [1.29, 1.82) is 0 Å². The number of carbonyl (C=O) groups is 1. The van der Waals surface area contributed by atoms with Crippen molar-refractivity contribution >= 4 is 5.97 Å². The maximum atomic E-state index is 11.4. The van der Waals surface area contributed by atoms with Gasteiger partial charge in [0, 0.05) is 19.0 Å². The maximum absolute atomic E-state index is 11.4. The number of rotatable bonds is 3. The van der Waals surface area contributed by atoms with Crippen LogP contribution in [0.2, 0.25) is 0 Å². The molecule has 1 aromatic carbocycles. The zero-order valence-corrected chi connectivity index (χ0v) is 10.2. The number of fused-ring (bicyclic) bond motifs is 1. The van der Waals surface area contributed by atoms with E-state index in [0.29, 0.717) is 6.42 Å². The molecule has 1 atom stereocenters. The summed E-state index contributed by atoms with van der Waals surface area (Å²) in [6, 6.07) is 6.01. The molecule has 0 aromatic heterocycles. The van der Waals surface area contributed by atoms with Crippen LogP contribution in [0.5, 0.6) is 5.75 Å². The van der Waals surface area contributed by atoms with E-state index in [1.165, 1.54) is 18.2 Å². The van der Waals surface area contributed by atoms with Crippen LogP contribution in [-0.4, -0.2) is 26.7 Å². The number of benzene rings is 1. The summed E-state index contributed by atoms with van der Waals surface area (Å²) in [4.78, 5) is 11.4. The molecular weight excluding hydrogens is 218 g/mol. The van der Waals surface area contributed by atoms with Gasteiger partial charge in [0.25, 0.3) is 0 Å². The van der Waals surface area contributed by atoms with Crippen LogP contribution < -0.4 is 10.1 Å². The molecule has 1 aromatic rings. The van der Waals surface area contributed by atoms with Crippen molar-refractivity contribution in [3.8, 4) is 5.75 Å². The monoisotopic (exact) mass is 235 g/mol. The normalized spacial score (nSPS) is 18.4. The summed E-state index contributed by atoms with van der Waals surface area (Å²) >= 11 is 0. The van der Waals surface area contributed by atoms with Gasteiger partial charge in [-0.05, 0) is 23.3 Å². The van der Waals surface area contributed by atoms with Crippen LogP contribution in [-0.2, 0) is 16.1 Å². The molecule has 2 rings (SSSR count). The fourth-order valence-corrected chi connectivity index (χ4v) is 2.20. The minimum absolute atomic E-state index is 0.168. The molecule has 1 heterocycles. The van der Waals surface area contributed by atoms with Crippen molar-refractivity contribution in [3.63, 3.8) is 0 Å². The van der Waals surface area contributed by atoms with Crippen molar-refractivity contribution in [2.75, 3.05) is 20.8 Å². The van der Waals surface area contributed by atoms with Crippen molar-refractivity contribution < 1.29 is 14.3 Å². The van der Waals surface area contributed by atoms with Crippen LogP contribution in [0.1, 0.15) is 23.5 Å². The second-order valence-electron chi connectivity index (χ2n) is 4.17. The summed E-state index contributed by atoms with van der Waals surface area (Å²) in [5, 5.41) is 3.31. The zero-order chi connectivity index (χ0) is 12.3. The molecule has 0 radical (unpaired) electrons. The Morgan fingerprint density at radius 3 is 3.00 bits per heavy atom. The molecule has 1 N–H and O–H groups in total. The van der Waals surface area contributed by atoms with Gasteiger partial charge < -0.3 is 14.8 Å². The van der Waals surface area contributed by atoms with E-state index in [4.69, 9.17) is 9.47 Å². The number of carbonyl (C=O) groups excluding carboxylic acids is 1. The van der Waals surface area contributed by atoms with E-state index in [1.54, 1.807) is 7.11 Å². The third-order valence-electron chi connectivity index (χ3n) is 3.14. The lowest BCUT2D eigenvalue weighted by atomic mass is 9.88. The number of hydrogen-bond acceptors (Lipinski definition) is 4. The number of hydrogen-bond donors (Lipinski definition) is 1. The van der Waals surface area contributed by atoms with Crippen molar-refractivity contribution in [3.05, 3.63) is 29.3 Å². The third kappa shape index (κ3) is 2.58. The van der Waals surface area contributed by atoms with Gasteiger partial charge >= 0.3 is 5.97 Å². The Labute approximate surface area is 101 Å². The minimum atomic E-state index is -0.174. The predicted octanol–water partition coefficient (Wildman–Crippen LogP) is 1.45. The highest BCUT2D eigenvalue weighted by Gasteiger charge is 2.23. The fourth-order valence-electron chi connectivity index (χ4n) is 2.20. The lowest BCUT2D eigenvalue weighted by molar-refractivity contribution is -0.141. The summed E-state index contributed by atoms with van der Waals surface area (Å²) in [5.74, 6) is 0.828. The van der Waals surface area contributed by atoms with E-state index in [9.17, 15) is 4.79 Å². The minimum Gasteiger partial charge on any atom is -0.497 e. The van der Waals surface area contributed by atoms with Crippen LogP contribution >= 0.6 is 0 Å². The molecule has 4 heteroatoms. The van der Waals surface area contributed by atoms with Crippen molar-refractivity contribution in [2.45, 2.75) is 18.9 Å². The zero-order valence-electron chi connectivity index (χ0n) is 10.2. The van der Waals surface area contributed by atoms with Crippen LogP contribution in [0.3, 0.4) is 0 Å². The van der Waals surface area contributed by atoms with Crippen LogP contribution in [0.15, 0.2) is 18.2 Å². The molecule has 0 aliphatic carbocycles. The Bertz CT molecular complexity index is 417. The Balaban J connectivity index is 2.25. The maximum Gasteiger partial charge on any atom is 0.306 e. The van der Waals surface area contributed by atoms with Gasteiger partial charge in [-0.1, -0.05) is 6.07 Å². The first kappa shape index (κ1) is 11.9. The molecule has 0 bridgehead atoms. The summed E-state index contributed by atoms with van der Waals surface area (Å²) in [6.45, 7) is 1.65. The van der Waals surface area contributed by atoms with Crippen LogP contribution in [0.25, 0.3) is 0 Å². The molecule has 0 saturated carbocycles. The van der Waals surface area contributed by atoms with Gasteiger partial charge in [0.15, 0.2) is 0 Å². The number of esters is 1. The Kier molecular flexibility index (Phi) is 3.64. The second-order valence-corrected chi connectivity index (χ2v) is 4.17. The smallest absolute Gasteiger partial charge is 0.306 e. The Morgan fingerprint density at radius 2 is 2.29 bits per heavy atom. The predicted molar refractivity (Wildman–Crippen MR) is 64.1 cm³/mol. The Morgan fingerprint density at radius 1 is 1.47 bits per heavy atom. The second kappa shape index (κ2) is 5.19. The lowest BCUT2D eigenvalue weighted by Crippen LogP contribution is -2.29. The van der Waals surface area contributed by atoms with Crippen LogP contribution in [0.4, 0.5) is 0 Å². The first-order chi connectivity index (χ1) is 8.24. The first-order valence-electron chi connectivity index (χ1n) is 5.69. The molecule has 1 aliphatic rings. The molecule has 0 fully saturated rings. The molecular formula is C13H17NO3. The van der Waals surface area contributed by atoms with Gasteiger partial charge in [-0.15, -0.1) is 0 Å². The van der Waals surface area contributed by atoms with Crippen molar-refractivity contribution in [2.24, 2.45) is 0 Å². The number of methoxy groups -OCH3 is 2. The van der Waals surface area contributed by atoms with E-state index in [1.807, 2.05) is 18.2 Å². The summed E-state index contributed by atoms with van der Waals surface area (Å²) in [6.07, 6.45) is 0.406. The van der Waals surface area contributed by atoms with Gasteiger partial charge in [0.05, 0.1) is 20.6 Å². The topological polar surface area (TPSA) is 47.6 Å². The van der Waals surface area contributed by atoms with Crippen LogP contribution in [0, 0.1) is 0 Å².